The smallest absolute Gasteiger partial charge is 0.0808 e. The molecule has 1 aliphatic heterocycles. The van der Waals surface area contributed by atoms with Crippen LogP contribution in [0.1, 0.15) is 45.4 Å². The maximum Gasteiger partial charge on any atom is 0.0808 e. The van der Waals surface area contributed by atoms with Crippen molar-refractivity contribution >= 4 is 0 Å². The molecule has 0 amide bonds. The second-order valence-corrected chi connectivity index (χ2v) is 5.67. The Hall–Kier alpha value is -0.120. The quantitative estimate of drug-likeness (QED) is 0.819. The minimum absolute atomic E-state index is 0.346. The van der Waals surface area contributed by atoms with Crippen LogP contribution in [-0.2, 0) is 9.47 Å². The van der Waals surface area contributed by atoms with E-state index >= 15 is 0 Å². The van der Waals surface area contributed by atoms with Crippen LogP contribution < -0.4 is 5.32 Å². The van der Waals surface area contributed by atoms with Gasteiger partial charge in [-0.1, -0.05) is 6.92 Å². The second-order valence-electron chi connectivity index (χ2n) is 5.67. The van der Waals surface area contributed by atoms with Crippen molar-refractivity contribution in [2.45, 2.75) is 63.7 Å². The lowest BCUT2D eigenvalue weighted by molar-refractivity contribution is -0.0815. The number of ether oxygens (including phenoxy) is 2. The van der Waals surface area contributed by atoms with Crippen molar-refractivity contribution in [2.75, 3.05) is 20.3 Å². The molecular formula is C14H27NO2. The maximum atomic E-state index is 6.11. The second kappa shape index (κ2) is 6.72. The van der Waals surface area contributed by atoms with Gasteiger partial charge in [0.25, 0.3) is 0 Å². The molecule has 0 aromatic heterocycles. The first kappa shape index (κ1) is 13.3. The first-order valence-electron chi connectivity index (χ1n) is 7.20. The Morgan fingerprint density at radius 2 is 2.12 bits per heavy atom. The van der Waals surface area contributed by atoms with Gasteiger partial charge in [0.05, 0.1) is 18.8 Å². The van der Waals surface area contributed by atoms with E-state index in [1.54, 1.807) is 0 Å². The van der Waals surface area contributed by atoms with E-state index in [9.17, 15) is 0 Å². The average molecular weight is 241 g/mol. The van der Waals surface area contributed by atoms with Gasteiger partial charge in [0.2, 0.25) is 0 Å². The molecule has 1 saturated carbocycles. The minimum Gasteiger partial charge on any atom is -0.376 e. The van der Waals surface area contributed by atoms with Crippen molar-refractivity contribution in [3.05, 3.63) is 0 Å². The summed E-state index contributed by atoms with van der Waals surface area (Å²) < 4.78 is 11.8. The van der Waals surface area contributed by atoms with E-state index in [2.05, 4.69) is 12.2 Å². The topological polar surface area (TPSA) is 30.5 Å². The number of nitrogens with one attached hydrogen (secondary N) is 1. The molecule has 1 aliphatic carbocycles. The highest BCUT2D eigenvalue weighted by atomic mass is 16.5. The standard InChI is InChI=1S/C14H27NO2/c1-11-6-7-13(15-2)14(9-11)17-10-12-5-3-4-8-16-12/h11-15H,3-10H2,1-2H3. The van der Waals surface area contributed by atoms with Crippen LogP contribution in [0.2, 0.25) is 0 Å². The molecule has 1 N–H and O–H groups in total. The molecule has 0 bridgehead atoms. The van der Waals surface area contributed by atoms with E-state index in [0.717, 1.165) is 19.1 Å². The molecule has 2 aliphatic rings. The summed E-state index contributed by atoms with van der Waals surface area (Å²) in [4.78, 5) is 0. The normalized spacial score (nSPS) is 39.2. The summed E-state index contributed by atoms with van der Waals surface area (Å²) in [5.74, 6) is 0.803. The van der Waals surface area contributed by atoms with E-state index in [4.69, 9.17) is 9.47 Å². The van der Waals surface area contributed by atoms with Crippen molar-refractivity contribution in [1.82, 2.24) is 5.32 Å². The summed E-state index contributed by atoms with van der Waals surface area (Å²) >= 11 is 0. The number of hydrogen-bond donors (Lipinski definition) is 1. The molecule has 2 rings (SSSR count). The zero-order chi connectivity index (χ0) is 12.1. The minimum atomic E-state index is 0.346. The van der Waals surface area contributed by atoms with Gasteiger partial charge in [-0.2, -0.15) is 0 Å². The van der Waals surface area contributed by atoms with E-state index in [0.29, 0.717) is 18.2 Å². The molecule has 1 heterocycles. The van der Waals surface area contributed by atoms with Crippen molar-refractivity contribution in [3.8, 4) is 0 Å². The van der Waals surface area contributed by atoms with Crippen LogP contribution in [0.3, 0.4) is 0 Å². The van der Waals surface area contributed by atoms with Crippen LogP contribution in [0, 0.1) is 5.92 Å². The molecule has 0 radical (unpaired) electrons. The molecule has 4 unspecified atom stereocenters. The van der Waals surface area contributed by atoms with Gasteiger partial charge >= 0.3 is 0 Å². The van der Waals surface area contributed by atoms with Crippen LogP contribution in [0.15, 0.2) is 0 Å². The van der Waals surface area contributed by atoms with Crippen LogP contribution in [0.5, 0.6) is 0 Å². The van der Waals surface area contributed by atoms with Gasteiger partial charge in [0.15, 0.2) is 0 Å². The Labute approximate surface area is 105 Å². The third-order valence-electron chi connectivity index (χ3n) is 4.19. The average Bonchev–Trinajstić information content (AvgIpc) is 2.38. The highest BCUT2D eigenvalue weighted by Crippen LogP contribution is 2.27. The maximum absolute atomic E-state index is 6.11. The van der Waals surface area contributed by atoms with Crippen LogP contribution in [-0.4, -0.2) is 38.5 Å². The first-order valence-corrected chi connectivity index (χ1v) is 7.20. The van der Waals surface area contributed by atoms with Gasteiger partial charge in [-0.25, -0.2) is 0 Å². The molecule has 0 spiro atoms. The molecule has 17 heavy (non-hydrogen) atoms. The highest BCUT2D eigenvalue weighted by Gasteiger charge is 2.29. The predicted molar refractivity (Wildman–Crippen MR) is 69.2 cm³/mol. The summed E-state index contributed by atoms with van der Waals surface area (Å²) in [7, 11) is 2.05. The molecule has 0 aromatic rings. The largest absolute Gasteiger partial charge is 0.376 e. The van der Waals surface area contributed by atoms with Gasteiger partial charge in [-0.15, -0.1) is 0 Å². The summed E-state index contributed by atoms with van der Waals surface area (Å²) in [6.07, 6.45) is 8.18. The number of hydrogen-bond acceptors (Lipinski definition) is 3. The van der Waals surface area contributed by atoms with Crippen molar-refractivity contribution in [1.29, 1.82) is 0 Å². The predicted octanol–water partition coefficient (Wildman–Crippen LogP) is 2.35. The lowest BCUT2D eigenvalue weighted by atomic mass is 9.85. The fourth-order valence-corrected chi connectivity index (χ4v) is 3.01. The summed E-state index contributed by atoms with van der Waals surface area (Å²) in [6, 6.07) is 0.537. The summed E-state index contributed by atoms with van der Waals surface area (Å²) in [6.45, 7) is 4.04. The summed E-state index contributed by atoms with van der Waals surface area (Å²) in [5, 5.41) is 3.40. The molecule has 1 saturated heterocycles. The van der Waals surface area contributed by atoms with Gasteiger partial charge in [-0.3, -0.25) is 0 Å². The fourth-order valence-electron chi connectivity index (χ4n) is 3.01. The SMILES string of the molecule is CNC1CCC(C)CC1OCC1CCCCO1. The van der Waals surface area contributed by atoms with E-state index in [1.165, 1.54) is 38.5 Å². The lowest BCUT2D eigenvalue weighted by Crippen LogP contribution is -2.44. The zero-order valence-electron chi connectivity index (χ0n) is 11.3. The molecule has 2 fully saturated rings. The van der Waals surface area contributed by atoms with Gasteiger partial charge in [-0.05, 0) is 51.5 Å². The molecule has 4 atom stereocenters. The fraction of sp³-hybridized carbons (Fsp3) is 1.00. The Bertz CT molecular complexity index is 216. The van der Waals surface area contributed by atoms with E-state index < -0.39 is 0 Å². The summed E-state index contributed by atoms with van der Waals surface area (Å²) in [5.41, 5.74) is 0. The van der Waals surface area contributed by atoms with Gasteiger partial charge < -0.3 is 14.8 Å². The molecule has 3 nitrogen and oxygen atoms in total. The molecular weight excluding hydrogens is 214 g/mol. The Kier molecular flexibility index (Phi) is 5.26. The number of likely N-dealkylation sites (N-methyl/N-ethyl adjacent to an activating group) is 1. The molecule has 100 valence electrons. The van der Waals surface area contributed by atoms with Crippen LogP contribution >= 0.6 is 0 Å². The van der Waals surface area contributed by atoms with Crippen molar-refractivity contribution in [3.63, 3.8) is 0 Å². The third-order valence-corrected chi connectivity index (χ3v) is 4.19. The third kappa shape index (κ3) is 3.94. The number of rotatable bonds is 4. The first-order chi connectivity index (χ1) is 8.29. The highest BCUT2D eigenvalue weighted by molar-refractivity contribution is 4.84. The van der Waals surface area contributed by atoms with Crippen molar-refractivity contribution < 1.29 is 9.47 Å². The Balaban J connectivity index is 1.74. The lowest BCUT2D eigenvalue weighted by Gasteiger charge is -2.35. The van der Waals surface area contributed by atoms with Crippen molar-refractivity contribution in [2.24, 2.45) is 5.92 Å². The molecule has 3 heteroatoms. The van der Waals surface area contributed by atoms with Gasteiger partial charge in [0.1, 0.15) is 0 Å². The van der Waals surface area contributed by atoms with Gasteiger partial charge in [0, 0.05) is 12.6 Å². The molecule has 0 aromatic carbocycles. The van der Waals surface area contributed by atoms with Crippen LogP contribution in [0.25, 0.3) is 0 Å². The monoisotopic (exact) mass is 241 g/mol. The Morgan fingerprint density at radius 3 is 2.82 bits per heavy atom. The Morgan fingerprint density at radius 1 is 1.24 bits per heavy atom. The zero-order valence-corrected chi connectivity index (χ0v) is 11.3. The van der Waals surface area contributed by atoms with Crippen LogP contribution in [0.4, 0.5) is 0 Å². The van der Waals surface area contributed by atoms with E-state index in [1.807, 2.05) is 7.05 Å². The van der Waals surface area contributed by atoms with E-state index in [-0.39, 0.29) is 0 Å².